The third-order valence-corrected chi connectivity index (χ3v) is 10.1. The summed E-state index contributed by atoms with van der Waals surface area (Å²) in [4.78, 5) is 0. The summed E-state index contributed by atoms with van der Waals surface area (Å²) in [6, 6.07) is 0. The van der Waals surface area contributed by atoms with E-state index in [0.29, 0.717) is 6.42 Å². The first kappa shape index (κ1) is 25.7. The van der Waals surface area contributed by atoms with E-state index in [1.165, 1.54) is 0 Å². The third kappa shape index (κ3) is 10.5. The van der Waals surface area contributed by atoms with E-state index >= 15 is 0 Å². The van der Waals surface area contributed by atoms with E-state index in [-0.39, 0.29) is 24.4 Å². The zero-order chi connectivity index (χ0) is 19.7. The zero-order valence-electron chi connectivity index (χ0n) is 17.1. The molecular weight excluding hydrogens is 380 g/mol. The Bertz CT molecular complexity index is 328. The van der Waals surface area contributed by atoms with Crippen LogP contribution >= 0.6 is 0 Å². The van der Waals surface area contributed by atoms with Crippen LogP contribution < -0.4 is 0 Å². The molecule has 0 aromatic rings. The second-order valence-electron chi connectivity index (χ2n) is 6.50. The maximum absolute atomic E-state index is 10.4. The molecule has 0 aromatic carbocycles. The van der Waals surface area contributed by atoms with E-state index in [9.17, 15) is 7.38 Å². The molecule has 0 bridgehead atoms. The first-order valence-electron chi connectivity index (χ1n) is 9.39. The average Bonchev–Trinajstić information content (AvgIpc) is 2.52. The molecule has 0 radical (unpaired) electrons. The predicted octanol–water partition coefficient (Wildman–Crippen LogP) is 3.50. The Hall–Kier alpha value is 0.651. The molecule has 0 amide bonds. The van der Waals surface area contributed by atoms with Crippen molar-refractivity contribution in [1.29, 1.82) is 0 Å². The number of hydrogen-bond donors (Lipinski definition) is 2. The Balaban J connectivity index is 5.60. The molecule has 0 fully saturated rings. The second-order valence-corrected chi connectivity index (χ2v) is 11.4. The molecule has 0 aliphatic rings. The SMILES string of the molecule is CCC(C)O[Si](OC(C)CC)(OC(C)CC)[O][Ti]([OH])([OH])[O]C(C)CC. The molecule has 0 spiro atoms. The van der Waals surface area contributed by atoms with Crippen LogP contribution in [0.2, 0.25) is 0 Å². The standard InChI is InChI=1S/C12H27O4Si.C4H9O.2H2O.Ti/c1-7-10(4)14-17(13,15-11(5)8-2)16-12(6)9-3;1-3-4(2)5;;;/h10-12H,7-9H2,1-6H3;4H,3H2,1-2H3;2*1H2;/q2*-1;;;+4/p-2. The van der Waals surface area contributed by atoms with Crippen LogP contribution in [-0.4, -0.2) is 40.8 Å². The number of rotatable bonds is 14. The van der Waals surface area contributed by atoms with Gasteiger partial charge in [0.1, 0.15) is 0 Å². The van der Waals surface area contributed by atoms with Gasteiger partial charge in [-0.05, 0) is 0 Å². The van der Waals surface area contributed by atoms with Crippen LogP contribution in [0.1, 0.15) is 81.1 Å². The first-order valence-corrected chi connectivity index (χ1v) is 13.7. The van der Waals surface area contributed by atoms with Crippen LogP contribution in [0.5, 0.6) is 0 Å². The van der Waals surface area contributed by atoms with Crippen molar-refractivity contribution in [2.24, 2.45) is 0 Å². The van der Waals surface area contributed by atoms with Gasteiger partial charge in [-0.25, -0.2) is 0 Å². The van der Waals surface area contributed by atoms with E-state index in [0.717, 1.165) is 19.3 Å². The molecule has 0 saturated carbocycles. The van der Waals surface area contributed by atoms with Crippen molar-refractivity contribution in [2.45, 2.75) is 105 Å². The fourth-order valence-electron chi connectivity index (χ4n) is 1.68. The quantitative estimate of drug-likeness (QED) is 0.418. The van der Waals surface area contributed by atoms with Crippen molar-refractivity contribution in [1.82, 2.24) is 0 Å². The van der Waals surface area contributed by atoms with Gasteiger partial charge in [0.2, 0.25) is 0 Å². The van der Waals surface area contributed by atoms with Gasteiger partial charge in [-0.3, -0.25) is 0 Å². The molecule has 9 heteroatoms. The summed E-state index contributed by atoms with van der Waals surface area (Å²) in [5.41, 5.74) is 0. The van der Waals surface area contributed by atoms with Crippen molar-refractivity contribution < 1.29 is 45.1 Å². The van der Waals surface area contributed by atoms with Gasteiger partial charge in [0.15, 0.2) is 0 Å². The van der Waals surface area contributed by atoms with Crippen molar-refractivity contribution in [2.75, 3.05) is 0 Å². The van der Waals surface area contributed by atoms with Crippen LogP contribution in [0.15, 0.2) is 0 Å². The summed E-state index contributed by atoms with van der Waals surface area (Å²) < 4.78 is 49.8. The molecule has 0 aromatic heterocycles. The molecule has 7 nitrogen and oxygen atoms in total. The molecule has 152 valence electrons. The van der Waals surface area contributed by atoms with Crippen LogP contribution in [0.3, 0.4) is 0 Å². The van der Waals surface area contributed by atoms with E-state index in [2.05, 4.69) is 0 Å². The van der Waals surface area contributed by atoms with Gasteiger partial charge in [-0.1, -0.05) is 0 Å². The van der Waals surface area contributed by atoms with Gasteiger partial charge in [0, 0.05) is 0 Å². The summed E-state index contributed by atoms with van der Waals surface area (Å²) in [5, 5.41) is 0. The maximum atomic E-state index is 10.4. The van der Waals surface area contributed by atoms with Gasteiger partial charge >= 0.3 is 160 Å². The molecule has 25 heavy (non-hydrogen) atoms. The Kier molecular flexibility index (Phi) is 12.5. The summed E-state index contributed by atoms with van der Waals surface area (Å²) in [6.07, 6.45) is 1.83. The van der Waals surface area contributed by atoms with Gasteiger partial charge in [0.05, 0.1) is 0 Å². The Morgan fingerprint density at radius 3 is 1.28 bits per heavy atom. The Labute approximate surface area is 159 Å². The van der Waals surface area contributed by atoms with Crippen LogP contribution in [0.4, 0.5) is 0 Å². The fraction of sp³-hybridized carbons (Fsp3) is 1.00. The monoisotopic (exact) mass is 418 g/mol. The molecule has 0 rings (SSSR count). The normalized spacial score (nSPS) is 19.9. The first-order chi connectivity index (χ1) is 11.5. The summed E-state index contributed by atoms with van der Waals surface area (Å²) >= 11 is -5.04. The van der Waals surface area contributed by atoms with Crippen molar-refractivity contribution >= 4 is 9.05 Å². The number of hydrogen-bond acceptors (Lipinski definition) is 7. The van der Waals surface area contributed by atoms with Crippen molar-refractivity contribution in [3.63, 3.8) is 0 Å². The summed E-state index contributed by atoms with van der Waals surface area (Å²) in [6.45, 7) is 15.2. The Morgan fingerprint density at radius 1 is 0.680 bits per heavy atom. The molecular formula is C16H38O7SiTi. The van der Waals surface area contributed by atoms with Crippen LogP contribution in [-0.2, 0) is 37.7 Å². The molecule has 0 heterocycles. The van der Waals surface area contributed by atoms with Crippen molar-refractivity contribution in [3.05, 3.63) is 0 Å². The summed E-state index contributed by atoms with van der Waals surface area (Å²) in [7, 11) is -3.80. The third-order valence-electron chi connectivity index (χ3n) is 3.95. The minimum atomic E-state index is -5.04. The van der Waals surface area contributed by atoms with Gasteiger partial charge in [-0.15, -0.1) is 0 Å². The molecule has 4 unspecified atom stereocenters. The average molecular weight is 418 g/mol. The van der Waals surface area contributed by atoms with Gasteiger partial charge < -0.3 is 0 Å². The minimum absolute atomic E-state index is 0.207. The van der Waals surface area contributed by atoms with E-state index in [4.69, 9.17) is 19.6 Å². The molecule has 0 aliphatic carbocycles. The zero-order valence-corrected chi connectivity index (χ0v) is 19.6. The Morgan fingerprint density at radius 2 is 1.00 bits per heavy atom. The molecule has 4 atom stereocenters. The van der Waals surface area contributed by atoms with E-state index < -0.39 is 27.2 Å². The topological polar surface area (TPSA) is 86.6 Å². The van der Waals surface area contributed by atoms with Gasteiger partial charge in [-0.2, -0.15) is 0 Å². The van der Waals surface area contributed by atoms with E-state index in [1.54, 1.807) is 6.92 Å². The van der Waals surface area contributed by atoms with Gasteiger partial charge in [0.25, 0.3) is 0 Å². The second kappa shape index (κ2) is 12.2. The molecule has 0 saturated heterocycles. The fourth-order valence-corrected chi connectivity index (χ4v) is 7.85. The van der Waals surface area contributed by atoms with Crippen LogP contribution in [0.25, 0.3) is 0 Å². The predicted molar refractivity (Wildman–Crippen MR) is 94.6 cm³/mol. The molecule has 0 aliphatic heterocycles. The van der Waals surface area contributed by atoms with Crippen molar-refractivity contribution in [3.8, 4) is 0 Å². The molecule has 2 N–H and O–H groups in total. The summed E-state index contributed by atoms with van der Waals surface area (Å²) in [5.74, 6) is 0. The van der Waals surface area contributed by atoms with Crippen LogP contribution in [0, 0.1) is 0 Å². The van der Waals surface area contributed by atoms with E-state index in [1.807, 2.05) is 48.5 Å².